The molecule has 0 amide bonds. The third kappa shape index (κ3) is 4.49. The van der Waals surface area contributed by atoms with Crippen LogP contribution in [0.5, 0.6) is 11.5 Å². The van der Waals surface area contributed by atoms with E-state index in [9.17, 15) is 0 Å². The van der Waals surface area contributed by atoms with Gasteiger partial charge >= 0.3 is 0 Å². The Morgan fingerprint density at radius 2 is 1.74 bits per heavy atom. The number of allylic oxidation sites excluding steroid dienone is 3. The maximum absolute atomic E-state index is 5.31. The van der Waals surface area contributed by atoms with Gasteiger partial charge in [0.25, 0.3) is 0 Å². The van der Waals surface area contributed by atoms with E-state index in [-0.39, 0.29) is 0 Å². The number of rotatable bonds is 6. The molecule has 0 heterocycles. The Hall–Kier alpha value is -2.48. The Bertz CT molecular complexity index is 694. The van der Waals surface area contributed by atoms with E-state index in [2.05, 4.69) is 56.3 Å². The molecule has 0 spiro atoms. The third-order valence-corrected chi connectivity index (χ3v) is 3.72. The quantitative estimate of drug-likeness (QED) is 0.654. The molecule has 0 aliphatic heterocycles. The summed E-state index contributed by atoms with van der Waals surface area (Å²) in [4.78, 5) is 0. The summed E-state index contributed by atoms with van der Waals surface area (Å²) in [6.45, 7) is 4.21. The highest BCUT2D eigenvalue weighted by molar-refractivity contribution is 5.79. The van der Waals surface area contributed by atoms with E-state index < -0.39 is 0 Å². The van der Waals surface area contributed by atoms with Gasteiger partial charge in [0, 0.05) is 0 Å². The molecule has 2 aromatic carbocycles. The molecule has 0 radical (unpaired) electrons. The molecule has 0 saturated heterocycles. The van der Waals surface area contributed by atoms with Gasteiger partial charge in [0.1, 0.15) is 11.5 Å². The van der Waals surface area contributed by atoms with Crippen molar-refractivity contribution in [2.75, 3.05) is 14.2 Å². The molecular formula is C21H24O2. The maximum Gasteiger partial charge on any atom is 0.121 e. The van der Waals surface area contributed by atoms with E-state index in [1.165, 1.54) is 16.7 Å². The van der Waals surface area contributed by atoms with Crippen molar-refractivity contribution in [2.45, 2.75) is 20.3 Å². The predicted octanol–water partition coefficient (Wildman–Crippen LogP) is 5.52. The van der Waals surface area contributed by atoms with Crippen molar-refractivity contribution >= 4 is 11.6 Å². The minimum Gasteiger partial charge on any atom is -0.497 e. The van der Waals surface area contributed by atoms with Gasteiger partial charge in [0.05, 0.1) is 14.2 Å². The number of ether oxygens (including phenoxy) is 2. The van der Waals surface area contributed by atoms with Crippen molar-refractivity contribution in [1.29, 1.82) is 0 Å². The van der Waals surface area contributed by atoms with Crippen LogP contribution in [0.1, 0.15) is 30.0 Å². The summed E-state index contributed by atoms with van der Waals surface area (Å²) in [5.41, 5.74) is 4.71. The molecule has 0 fully saturated rings. The van der Waals surface area contributed by atoms with Gasteiger partial charge in [-0.2, -0.15) is 0 Å². The second-order valence-corrected chi connectivity index (χ2v) is 5.36. The topological polar surface area (TPSA) is 18.5 Å². The Morgan fingerprint density at radius 3 is 2.30 bits per heavy atom. The summed E-state index contributed by atoms with van der Waals surface area (Å²) in [7, 11) is 3.38. The number of aryl methyl sites for hydroxylation is 1. The summed E-state index contributed by atoms with van der Waals surface area (Å²) in [5.74, 6) is 1.79. The summed E-state index contributed by atoms with van der Waals surface area (Å²) in [6, 6.07) is 14.4. The second kappa shape index (κ2) is 8.23. The molecule has 2 nitrogen and oxygen atoms in total. The maximum atomic E-state index is 5.31. The lowest BCUT2D eigenvalue weighted by molar-refractivity contribution is 0.411. The Labute approximate surface area is 139 Å². The molecular weight excluding hydrogens is 284 g/mol. The highest BCUT2D eigenvalue weighted by atomic mass is 16.5. The molecule has 2 heteroatoms. The fourth-order valence-electron chi connectivity index (χ4n) is 2.48. The van der Waals surface area contributed by atoms with Crippen LogP contribution in [0.15, 0.2) is 54.6 Å². The normalized spacial score (nSPS) is 11.7. The number of benzene rings is 2. The van der Waals surface area contributed by atoms with Crippen LogP contribution in [0.4, 0.5) is 0 Å². The molecule has 0 unspecified atom stereocenters. The van der Waals surface area contributed by atoms with Crippen LogP contribution >= 0.6 is 0 Å². The number of hydrogen-bond acceptors (Lipinski definition) is 2. The molecule has 0 N–H and O–H groups in total. The SMILES string of the molecule is CC/C=C(\C=C\c1ccc(OC)c(C)c1)c1ccc(OC)cc1. The molecule has 2 rings (SSSR count). The lowest BCUT2D eigenvalue weighted by Crippen LogP contribution is -1.87. The molecule has 0 atom stereocenters. The van der Waals surface area contributed by atoms with Crippen molar-refractivity contribution in [1.82, 2.24) is 0 Å². The summed E-state index contributed by atoms with van der Waals surface area (Å²) < 4.78 is 10.5. The molecule has 23 heavy (non-hydrogen) atoms. The minimum absolute atomic E-state index is 0.874. The van der Waals surface area contributed by atoms with E-state index in [1.807, 2.05) is 18.2 Å². The summed E-state index contributed by atoms with van der Waals surface area (Å²) in [5, 5.41) is 0. The Balaban J connectivity index is 2.25. The standard InChI is InChI=1S/C21H24O2/c1-5-6-18(19-10-12-20(22-3)13-11-19)9-7-17-8-14-21(23-4)16(2)15-17/h6-15H,5H2,1-4H3/b9-7+,18-6+. The first-order chi connectivity index (χ1) is 11.2. The Kier molecular flexibility index (Phi) is 6.04. The monoisotopic (exact) mass is 308 g/mol. The van der Waals surface area contributed by atoms with E-state index >= 15 is 0 Å². The van der Waals surface area contributed by atoms with Crippen molar-refractivity contribution in [2.24, 2.45) is 0 Å². The van der Waals surface area contributed by atoms with Crippen molar-refractivity contribution in [3.05, 3.63) is 71.3 Å². The average Bonchev–Trinajstić information content (AvgIpc) is 2.59. The first-order valence-electron chi connectivity index (χ1n) is 7.85. The highest BCUT2D eigenvalue weighted by Crippen LogP contribution is 2.23. The van der Waals surface area contributed by atoms with E-state index in [1.54, 1.807) is 14.2 Å². The zero-order chi connectivity index (χ0) is 16.7. The van der Waals surface area contributed by atoms with Gasteiger partial charge in [-0.25, -0.2) is 0 Å². The summed E-state index contributed by atoms with van der Waals surface area (Å²) in [6.07, 6.45) is 7.52. The molecule has 0 aliphatic rings. The van der Waals surface area contributed by atoms with Crippen LogP contribution in [-0.4, -0.2) is 14.2 Å². The lowest BCUT2D eigenvalue weighted by Gasteiger charge is -2.06. The third-order valence-electron chi connectivity index (χ3n) is 3.72. The predicted molar refractivity (Wildman–Crippen MR) is 98.0 cm³/mol. The first-order valence-corrected chi connectivity index (χ1v) is 7.85. The average molecular weight is 308 g/mol. The van der Waals surface area contributed by atoms with Gasteiger partial charge in [-0.15, -0.1) is 0 Å². The smallest absolute Gasteiger partial charge is 0.121 e. The fraction of sp³-hybridized carbons (Fsp3) is 0.238. The number of hydrogen-bond donors (Lipinski definition) is 0. The zero-order valence-corrected chi connectivity index (χ0v) is 14.3. The summed E-state index contributed by atoms with van der Waals surface area (Å²) >= 11 is 0. The molecule has 0 saturated carbocycles. The van der Waals surface area contributed by atoms with E-state index in [4.69, 9.17) is 9.47 Å². The van der Waals surface area contributed by atoms with Crippen LogP contribution < -0.4 is 9.47 Å². The largest absolute Gasteiger partial charge is 0.497 e. The zero-order valence-electron chi connectivity index (χ0n) is 14.3. The highest BCUT2D eigenvalue weighted by Gasteiger charge is 2.00. The molecule has 0 bridgehead atoms. The van der Waals surface area contributed by atoms with Crippen LogP contribution in [0.2, 0.25) is 0 Å². The van der Waals surface area contributed by atoms with Crippen molar-refractivity contribution < 1.29 is 9.47 Å². The van der Waals surface area contributed by atoms with E-state index in [0.29, 0.717) is 0 Å². The molecule has 0 aromatic heterocycles. The van der Waals surface area contributed by atoms with Crippen LogP contribution in [0.25, 0.3) is 11.6 Å². The molecule has 120 valence electrons. The van der Waals surface area contributed by atoms with Gasteiger partial charge in [-0.05, 0) is 59.9 Å². The van der Waals surface area contributed by atoms with Gasteiger partial charge in [-0.1, -0.05) is 43.4 Å². The van der Waals surface area contributed by atoms with Gasteiger partial charge in [-0.3, -0.25) is 0 Å². The molecule has 0 aliphatic carbocycles. The first kappa shape index (κ1) is 16.9. The van der Waals surface area contributed by atoms with Crippen LogP contribution in [0, 0.1) is 6.92 Å². The van der Waals surface area contributed by atoms with Crippen LogP contribution in [0.3, 0.4) is 0 Å². The van der Waals surface area contributed by atoms with E-state index in [0.717, 1.165) is 23.5 Å². The van der Waals surface area contributed by atoms with Gasteiger partial charge in [0.2, 0.25) is 0 Å². The van der Waals surface area contributed by atoms with Gasteiger partial charge in [0.15, 0.2) is 0 Å². The lowest BCUT2D eigenvalue weighted by atomic mass is 10.0. The second-order valence-electron chi connectivity index (χ2n) is 5.36. The molecule has 2 aromatic rings. The Morgan fingerprint density at radius 1 is 1.00 bits per heavy atom. The van der Waals surface area contributed by atoms with Crippen LogP contribution in [-0.2, 0) is 0 Å². The number of methoxy groups -OCH3 is 2. The van der Waals surface area contributed by atoms with Gasteiger partial charge < -0.3 is 9.47 Å². The van der Waals surface area contributed by atoms with Crippen molar-refractivity contribution in [3.8, 4) is 11.5 Å². The van der Waals surface area contributed by atoms with Crippen molar-refractivity contribution in [3.63, 3.8) is 0 Å². The fourth-order valence-corrected chi connectivity index (χ4v) is 2.48. The minimum atomic E-state index is 0.874.